The van der Waals surface area contributed by atoms with Crippen molar-refractivity contribution < 1.29 is 14.6 Å². The first-order valence-electron chi connectivity index (χ1n) is 7.13. The fourth-order valence-electron chi connectivity index (χ4n) is 4.07. The largest absolute Gasteiger partial charge is 0.496 e. The third kappa shape index (κ3) is 2.10. The van der Waals surface area contributed by atoms with E-state index in [0.29, 0.717) is 11.8 Å². The zero-order valence-electron chi connectivity index (χ0n) is 11.6. The molecule has 3 rings (SSSR count). The summed E-state index contributed by atoms with van der Waals surface area (Å²) >= 11 is 0. The predicted octanol–water partition coefficient (Wildman–Crippen LogP) is 3.17. The number of aliphatic hydroxyl groups is 1. The van der Waals surface area contributed by atoms with Gasteiger partial charge in [-0.15, -0.1) is 0 Å². The van der Waals surface area contributed by atoms with Crippen molar-refractivity contribution in [3.63, 3.8) is 0 Å². The molecule has 4 atom stereocenters. The van der Waals surface area contributed by atoms with Crippen LogP contribution < -0.4 is 9.47 Å². The fraction of sp³-hybridized carbons (Fsp3) is 0.625. The highest BCUT2D eigenvalue weighted by Gasteiger charge is 2.44. The molecule has 1 N–H and O–H groups in total. The van der Waals surface area contributed by atoms with Gasteiger partial charge in [0.05, 0.1) is 25.9 Å². The molecule has 1 aromatic rings. The Morgan fingerprint density at radius 2 is 1.79 bits per heavy atom. The molecule has 2 aliphatic carbocycles. The van der Waals surface area contributed by atoms with E-state index in [1.807, 2.05) is 18.2 Å². The number of methoxy groups -OCH3 is 2. The molecule has 104 valence electrons. The first-order chi connectivity index (χ1) is 9.24. The van der Waals surface area contributed by atoms with Crippen LogP contribution in [0.25, 0.3) is 0 Å². The van der Waals surface area contributed by atoms with Crippen LogP contribution >= 0.6 is 0 Å². The summed E-state index contributed by atoms with van der Waals surface area (Å²) in [4.78, 5) is 0. The summed E-state index contributed by atoms with van der Waals surface area (Å²) in [6, 6.07) is 5.69. The molecule has 0 aliphatic heterocycles. The maximum atomic E-state index is 10.8. The normalized spacial score (nSPS) is 30.4. The molecule has 0 radical (unpaired) electrons. The molecule has 4 unspecified atom stereocenters. The van der Waals surface area contributed by atoms with Gasteiger partial charge in [0.25, 0.3) is 0 Å². The fourth-order valence-corrected chi connectivity index (χ4v) is 4.07. The monoisotopic (exact) mass is 262 g/mol. The van der Waals surface area contributed by atoms with Crippen molar-refractivity contribution in [3.8, 4) is 11.5 Å². The molecule has 0 aromatic heterocycles. The average molecular weight is 262 g/mol. The topological polar surface area (TPSA) is 38.7 Å². The molecular formula is C16H22O3. The summed E-state index contributed by atoms with van der Waals surface area (Å²) in [5, 5.41) is 10.8. The highest BCUT2D eigenvalue weighted by Crippen LogP contribution is 2.54. The first-order valence-corrected chi connectivity index (χ1v) is 7.13. The maximum absolute atomic E-state index is 10.8. The van der Waals surface area contributed by atoms with Gasteiger partial charge in [-0.1, -0.05) is 12.5 Å². The Morgan fingerprint density at radius 1 is 1.11 bits per heavy atom. The third-order valence-electron chi connectivity index (χ3n) is 4.96. The summed E-state index contributed by atoms with van der Waals surface area (Å²) in [5.41, 5.74) is 0.824. The highest BCUT2D eigenvalue weighted by atomic mass is 16.5. The molecule has 2 fully saturated rings. The number of hydrogen-bond donors (Lipinski definition) is 1. The minimum atomic E-state index is -0.471. The van der Waals surface area contributed by atoms with Crippen molar-refractivity contribution in [3.05, 3.63) is 23.8 Å². The molecule has 0 amide bonds. The van der Waals surface area contributed by atoms with Gasteiger partial charge >= 0.3 is 0 Å². The van der Waals surface area contributed by atoms with Crippen molar-refractivity contribution in [1.82, 2.24) is 0 Å². The third-order valence-corrected chi connectivity index (χ3v) is 4.96. The Hall–Kier alpha value is -1.22. The number of fused-ring (bicyclic) bond motifs is 2. The molecule has 2 saturated carbocycles. The Morgan fingerprint density at radius 3 is 2.26 bits per heavy atom. The Bertz CT molecular complexity index is 435. The lowest BCUT2D eigenvalue weighted by molar-refractivity contribution is 0.0700. The maximum Gasteiger partial charge on any atom is 0.128 e. The van der Waals surface area contributed by atoms with Gasteiger partial charge in [0.2, 0.25) is 0 Å². The van der Waals surface area contributed by atoms with Crippen LogP contribution in [0.4, 0.5) is 0 Å². The lowest BCUT2D eigenvalue weighted by atomic mass is 9.81. The highest BCUT2D eigenvalue weighted by molar-refractivity contribution is 5.46. The van der Waals surface area contributed by atoms with Gasteiger partial charge < -0.3 is 14.6 Å². The Kier molecular flexibility index (Phi) is 3.40. The molecule has 2 aliphatic rings. The minimum absolute atomic E-state index is 0.365. The standard InChI is InChI=1S/C16H22O3/c1-18-13-4-3-5-14(19-2)15(13)16(17)12-9-10-6-7-11(12)8-10/h3-5,10-12,16-17H,6-9H2,1-2H3. The van der Waals surface area contributed by atoms with E-state index < -0.39 is 6.10 Å². The van der Waals surface area contributed by atoms with Crippen molar-refractivity contribution in [2.75, 3.05) is 14.2 Å². The summed E-state index contributed by atoms with van der Waals surface area (Å²) < 4.78 is 10.8. The Balaban J connectivity index is 1.92. The van der Waals surface area contributed by atoms with E-state index in [1.54, 1.807) is 14.2 Å². The second kappa shape index (κ2) is 5.04. The van der Waals surface area contributed by atoms with Crippen molar-refractivity contribution in [2.45, 2.75) is 31.8 Å². The van der Waals surface area contributed by atoms with Gasteiger partial charge in [-0.3, -0.25) is 0 Å². The minimum Gasteiger partial charge on any atom is -0.496 e. The van der Waals surface area contributed by atoms with Crippen LogP contribution in [0.1, 0.15) is 37.4 Å². The van der Waals surface area contributed by atoms with Gasteiger partial charge in [-0.2, -0.15) is 0 Å². The van der Waals surface area contributed by atoms with E-state index in [4.69, 9.17) is 9.47 Å². The number of aliphatic hydroxyl groups excluding tert-OH is 1. The quantitative estimate of drug-likeness (QED) is 0.905. The lowest BCUT2D eigenvalue weighted by Crippen LogP contribution is -2.20. The number of rotatable bonds is 4. The van der Waals surface area contributed by atoms with Gasteiger partial charge in [-0.05, 0) is 49.1 Å². The summed E-state index contributed by atoms with van der Waals surface area (Å²) in [6.07, 6.45) is 4.58. The molecule has 1 aromatic carbocycles. The summed E-state index contributed by atoms with van der Waals surface area (Å²) in [6.45, 7) is 0. The second-order valence-electron chi connectivity index (χ2n) is 5.86. The van der Waals surface area contributed by atoms with Crippen molar-refractivity contribution in [2.24, 2.45) is 17.8 Å². The lowest BCUT2D eigenvalue weighted by Gasteiger charge is -2.28. The molecule has 3 heteroatoms. The predicted molar refractivity (Wildman–Crippen MR) is 73.4 cm³/mol. The zero-order chi connectivity index (χ0) is 13.4. The second-order valence-corrected chi connectivity index (χ2v) is 5.86. The van der Waals surface area contributed by atoms with Crippen LogP contribution in [-0.2, 0) is 0 Å². The van der Waals surface area contributed by atoms with Gasteiger partial charge in [0, 0.05) is 0 Å². The SMILES string of the molecule is COc1cccc(OC)c1C(O)C1CC2CCC1C2. The van der Waals surface area contributed by atoms with Crippen LogP contribution in [0.5, 0.6) is 11.5 Å². The molecule has 0 spiro atoms. The summed E-state index contributed by atoms with van der Waals surface area (Å²) in [7, 11) is 3.29. The van der Waals surface area contributed by atoms with Crippen LogP contribution in [-0.4, -0.2) is 19.3 Å². The van der Waals surface area contributed by atoms with E-state index in [0.717, 1.165) is 29.4 Å². The molecule has 3 nitrogen and oxygen atoms in total. The van der Waals surface area contributed by atoms with E-state index in [2.05, 4.69) is 0 Å². The van der Waals surface area contributed by atoms with Gasteiger partial charge in [-0.25, -0.2) is 0 Å². The molecule has 0 heterocycles. The van der Waals surface area contributed by atoms with Gasteiger partial charge in [0.1, 0.15) is 11.5 Å². The first kappa shape index (κ1) is 12.8. The number of ether oxygens (including phenoxy) is 2. The van der Waals surface area contributed by atoms with E-state index in [9.17, 15) is 5.11 Å². The number of hydrogen-bond acceptors (Lipinski definition) is 3. The average Bonchev–Trinajstić information content (AvgIpc) is 3.08. The molecule has 0 saturated heterocycles. The van der Waals surface area contributed by atoms with Crippen LogP contribution in [0, 0.1) is 17.8 Å². The smallest absolute Gasteiger partial charge is 0.128 e. The Labute approximate surface area is 114 Å². The van der Waals surface area contributed by atoms with Crippen LogP contribution in [0.2, 0.25) is 0 Å². The van der Waals surface area contributed by atoms with Crippen LogP contribution in [0.3, 0.4) is 0 Å². The van der Waals surface area contributed by atoms with E-state index >= 15 is 0 Å². The molecule has 2 bridgehead atoms. The molecular weight excluding hydrogens is 240 g/mol. The molecule has 19 heavy (non-hydrogen) atoms. The van der Waals surface area contributed by atoms with E-state index in [1.165, 1.54) is 19.3 Å². The number of benzene rings is 1. The van der Waals surface area contributed by atoms with Crippen molar-refractivity contribution in [1.29, 1.82) is 0 Å². The van der Waals surface area contributed by atoms with Crippen LogP contribution in [0.15, 0.2) is 18.2 Å². The van der Waals surface area contributed by atoms with Crippen molar-refractivity contribution >= 4 is 0 Å². The zero-order valence-corrected chi connectivity index (χ0v) is 11.6. The van der Waals surface area contributed by atoms with E-state index in [-0.39, 0.29) is 0 Å². The summed E-state index contributed by atoms with van der Waals surface area (Å²) in [5.74, 6) is 3.33. The van der Waals surface area contributed by atoms with Gasteiger partial charge in [0.15, 0.2) is 0 Å².